The van der Waals surface area contributed by atoms with Gasteiger partial charge >= 0.3 is 0 Å². The van der Waals surface area contributed by atoms with Gasteiger partial charge in [0.15, 0.2) is 11.0 Å². The van der Waals surface area contributed by atoms with Crippen LogP contribution in [0.15, 0.2) is 41.6 Å². The van der Waals surface area contributed by atoms with Crippen LogP contribution in [0.3, 0.4) is 0 Å². The molecule has 0 aliphatic rings. The second-order valence-electron chi connectivity index (χ2n) is 6.12. The number of anilines is 1. The summed E-state index contributed by atoms with van der Waals surface area (Å²) < 4.78 is 7.46. The minimum Gasteiger partial charge on any atom is -0.484 e. The van der Waals surface area contributed by atoms with Crippen molar-refractivity contribution < 1.29 is 9.53 Å². The standard InChI is InChI=1S/C19H17Cl3N4O2S/c1-11-7-13(4-5-14(11)21)23-18(27)10-29-19-25-24-17(26(19)2)9-28-16-6-3-12(20)8-15(16)22/h3-8H,9-10H2,1-2H3,(H,23,27). The third-order valence-corrected chi connectivity index (χ3v) is 5.92. The highest BCUT2D eigenvalue weighted by molar-refractivity contribution is 7.99. The molecule has 6 nitrogen and oxygen atoms in total. The predicted molar refractivity (Wildman–Crippen MR) is 117 cm³/mol. The van der Waals surface area contributed by atoms with Crippen LogP contribution in [0.4, 0.5) is 5.69 Å². The molecule has 10 heteroatoms. The van der Waals surface area contributed by atoms with Crippen LogP contribution >= 0.6 is 46.6 Å². The number of halogens is 3. The normalized spacial score (nSPS) is 10.8. The van der Waals surface area contributed by atoms with Crippen molar-refractivity contribution in [1.82, 2.24) is 14.8 Å². The summed E-state index contributed by atoms with van der Waals surface area (Å²) in [4.78, 5) is 12.2. The number of benzene rings is 2. The summed E-state index contributed by atoms with van der Waals surface area (Å²) in [5.41, 5.74) is 1.60. The van der Waals surface area contributed by atoms with Gasteiger partial charge in [0.05, 0.1) is 10.8 Å². The number of carbonyl (C=O) groups is 1. The lowest BCUT2D eigenvalue weighted by atomic mass is 10.2. The zero-order valence-corrected chi connectivity index (χ0v) is 18.7. The van der Waals surface area contributed by atoms with Crippen molar-refractivity contribution in [3.8, 4) is 5.75 Å². The number of aromatic nitrogens is 3. The Morgan fingerprint density at radius 3 is 2.66 bits per heavy atom. The van der Waals surface area contributed by atoms with Crippen molar-refractivity contribution in [2.75, 3.05) is 11.1 Å². The van der Waals surface area contributed by atoms with Crippen LogP contribution < -0.4 is 10.1 Å². The molecule has 1 N–H and O–H groups in total. The van der Waals surface area contributed by atoms with Crippen molar-refractivity contribution in [3.05, 3.63) is 62.9 Å². The number of amides is 1. The Kier molecular flexibility index (Phi) is 7.29. The van der Waals surface area contributed by atoms with Crippen LogP contribution in [0.25, 0.3) is 0 Å². The second kappa shape index (κ2) is 9.71. The van der Waals surface area contributed by atoms with Gasteiger partial charge in [-0.15, -0.1) is 10.2 Å². The molecule has 0 atom stereocenters. The summed E-state index contributed by atoms with van der Waals surface area (Å²) in [6.07, 6.45) is 0. The van der Waals surface area contributed by atoms with Gasteiger partial charge in [-0.2, -0.15) is 0 Å². The van der Waals surface area contributed by atoms with E-state index in [-0.39, 0.29) is 18.3 Å². The molecule has 1 amide bonds. The lowest BCUT2D eigenvalue weighted by molar-refractivity contribution is -0.113. The van der Waals surface area contributed by atoms with Gasteiger partial charge in [0.1, 0.15) is 12.4 Å². The lowest BCUT2D eigenvalue weighted by Gasteiger charge is -2.09. The predicted octanol–water partition coefficient (Wildman–Crippen LogP) is 5.39. The summed E-state index contributed by atoms with van der Waals surface area (Å²) in [5, 5.41) is 13.3. The van der Waals surface area contributed by atoms with Gasteiger partial charge < -0.3 is 14.6 Å². The number of ether oxygens (including phenoxy) is 1. The molecule has 0 aliphatic carbocycles. The highest BCUT2D eigenvalue weighted by Crippen LogP contribution is 2.28. The Bertz CT molecular complexity index is 1040. The Hall–Kier alpha value is -1.93. The Morgan fingerprint density at radius 2 is 1.93 bits per heavy atom. The van der Waals surface area contributed by atoms with Gasteiger partial charge in [-0.05, 0) is 48.9 Å². The average Bonchev–Trinajstić information content (AvgIpc) is 3.02. The molecular weight excluding hydrogens is 455 g/mol. The first-order chi connectivity index (χ1) is 13.8. The Balaban J connectivity index is 1.55. The third-order valence-electron chi connectivity index (χ3n) is 3.95. The fourth-order valence-corrected chi connectivity index (χ4v) is 3.69. The van der Waals surface area contributed by atoms with Crippen LogP contribution in [0.1, 0.15) is 11.4 Å². The van der Waals surface area contributed by atoms with E-state index in [9.17, 15) is 4.79 Å². The quantitative estimate of drug-likeness (QED) is 0.468. The Labute approximate surface area is 187 Å². The Morgan fingerprint density at radius 1 is 1.14 bits per heavy atom. The van der Waals surface area contributed by atoms with E-state index in [0.717, 1.165) is 5.56 Å². The molecule has 1 heterocycles. The van der Waals surface area contributed by atoms with Gasteiger partial charge in [0.25, 0.3) is 0 Å². The maximum absolute atomic E-state index is 12.2. The van der Waals surface area contributed by atoms with Gasteiger partial charge in [0, 0.05) is 22.8 Å². The lowest BCUT2D eigenvalue weighted by Crippen LogP contribution is -2.14. The largest absolute Gasteiger partial charge is 0.484 e. The van der Waals surface area contributed by atoms with E-state index in [1.165, 1.54) is 11.8 Å². The SMILES string of the molecule is Cc1cc(NC(=O)CSc2nnc(COc3ccc(Cl)cc3Cl)n2C)ccc1Cl. The van der Waals surface area contributed by atoms with Crippen LogP contribution in [0, 0.1) is 6.92 Å². The monoisotopic (exact) mass is 470 g/mol. The molecule has 29 heavy (non-hydrogen) atoms. The van der Waals surface area contributed by atoms with Crippen LogP contribution in [-0.2, 0) is 18.4 Å². The number of nitrogens with zero attached hydrogens (tertiary/aromatic N) is 3. The average molecular weight is 472 g/mol. The molecule has 152 valence electrons. The molecule has 0 saturated carbocycles. The smallest absolute Gasteiger partial charge is 0.234 e. The van der Waals surface area contributed by atoms with Crippen LogP contribution in [0.5, 0.6) is 5.75 Å². The molecule has 0 aliphatic heterocycles. The summed E-state index contributed by atoms with van der Waals surface area (Å²) in [6.45, 7) is 2.06. The van der Waals surface area contributed by atoms with Gasteiger partial charge in [-0.1, -0.05) is 46.6 Å². The molecule has 0 radical (unpaired) electrons. The van der Waals surface area contributed by atoms with E-state index in [2.05, 4.69) is 15.5 Å². The van der Waals surface area contributed by atoms with E-state index >= 15 is 0 Å². The first-order valence-corrected chi connectivity index (χ1v) is 10.6. The topological polar surface area (TPSA) is 69.0 Å². The molecule has 0 fully saturated rings. The van der Waals surface area contributed by atoms with Crippen molar-refractivity contribution >= 4 is 58.2 Å². The summed E-state index contributed by atoms with van der Waals surface area (Å²) in [7, 11) is 1.81. The molecule has 0 bridgehead atoms. The first-order valence-electron chi connectivity index (χ1n) is 8.48. The number of carbonyl (C=O) groups excluding carboxylic acids is 1. The molecule has 3 aromatic rings. The van der Waals surface area contributed by atoms with Crippen molar-refractivity contribution in [1.29, 1.82) is 0 Å². The van der Waals surface area contributed by atoms with E-state index < -0.39 is 0 Å². The highest BCUT2D eigenvalue weighted by atomic mass is 35.5. The molecule has 0 unspecified atom stereocenters. The van der Waals surface area contributed by atoms with Gasteiger partial charge in [0.2, 0.25) is 5.91 Å². The summed E-state index contributed by atoms with van der Waals surface area (Å²) in [6, 6.07) is 10.3. The molecule has 0 saturated heterocycles. The van der Waals surface area contributed by atoms with Crippen molar-refractivity contribution in [2.45, 2.75) is 18.7 Å². The number of nitrogens with one attached hydrogen (secondary N) is 1. The zero-order chi connectivity index (χ0) is 21.0. The number of thioether (sulfide) groups is 1. The highest BCUT2D eigenvalue weighted by Gasteiger charge is 2.13. The van der Waals surface area contributed by atoms with E-state index in [4.69, 9.17) is 39.5 Å². The number of aryl methyl sites for hydroxylation is 1. The zero-order valence-electron chi connectivity index (χ0n) is 15.6. The molecular formula is C19H17Cl3N4O2S. The molecule has 3 rings (SSSR count). The van der Waals surface area contributed by atoms with E-state index in [1.807, 2.05) is 20.0 Å². The fourth-order valence-electron chi connectivity index (χ4n) is 2.38. The fraction of sp³-hybridized carbons (Fsp3) is 0.211. The minimum absolute atomic E-state index is 0.148. The maximum atomic E-state index is 12.2. The first kappa shape index (κ1) is 21.8. The number of rotatable bonds is 7. The molecule has 1 aromatic heterocycles. The van der Waals surface area contributed by atoms with Crippen molar-refractivity contribution in [3.63, 3.8) is 0 Å². The van der Waals surface area contributed by atoms with Crippen molar-refractivity contribution in [2.24, 2.45) is 7.05 Å². The summed E-state index contributed by atoms with van der Waals surface area (Å²) >= 11 is 19.3. The van der Waals surface area contributed by atoms with E-state index in [0.29, 0.717) is 37.5 Å². The second-order valence-corrected chi connectivity index (χ2v) is 8.32. The number of hydrogen-bond acceptors (Lipinski definition) is 5. The minimum atomic E-state index is -0.148. The third kappa shape index (κ3) is 5.79. The van der Waals surface area contributed by atoms with Crippen LogP contribution in [0.2, 0.25) is 15.1 Å². The maximum Gasteiger partial charge on any atom is 0.234 e. The van der Waals surface area contributed by atoms with Crippen LogP contribution in [-0.4, -0.2) is 26.4 Å². The van der Waals surface area contributed by atoms with Gasteiger partial charge in [-0.3, -0.25) is 4.79 Å². The summed E-state index contributed by atoms with van der Waals surface area (Å²) in [5.74, 6) is 1.15. The number of hydrogen-bond donors (Lipinski definition) is 1. The molecule has 0 spiro atoms. The van der Waals surface area contributed by atoms with Gasteiger partial charge in [-0.25, -0.2) is 0 Å². The van der Waals surface area contributed by atoms with E-state index in [1.54, 1.807) is 34.9 Å². The molecule has 2 aromatic carbocycles.